The van der Waals surface area contributed by atoms with Gasteiger partial charge < -0.3 is 6.15 Å². The maximum absolute atomic E-state index is 2.40. The van der Waals surface area contributed by atoms with Gasteiger partial charge in [0.05, 0.1) is 0 Å². The van der Waals surface area contributed by atoms with Crippen LogP contribution in [-0.2, 0) is 25.7 Å². The van der Waals surface area contributed by atoms with Gasteiger partial charge >= 0.3 is 0 Å². The van der Waals surface area contributed by atoms with Crippen molar-refractivity contribution in [3.05, 3.63) is 34.4 Å². The topological polar surface area (TPSA) is 35.0 Å². The minimum atomic E-state index is 0. The summed E-state index contributed by atoms with van der Waals surface area (Å²) in [5.74, 6) is 0. The molecule has 1 nitrogen and oxygen atoms in total. The maximum Gasteiger partial charge on any atom is -0.0276 e. The van der Waals surface area contributed by atoms with E-state index in [0.29, 0.717) is 0 Å². The van der Waals surface area contributed by atoms with Crippen molar-refractivity contribution in [2.75, 3.05) is 0 Å². The molecule has 3 N–H and O–H groups in total. The van der Waals surface area contributed by atoms with Crippen molar-refractivity contribution in [3.8, 4) is 0 Å². The van der Waals surface area contributed by atoms with Crippen LogP contribution in [0.3, 0.4) is 0 Å². The Bertz CT molecular complexity index is 320. The van der Waals surface area contributed by atoms with Gasteiger partial charge in [-0.25, -0.2) is 0 Å². The predicted octanol–water partition coefficient (Wildman–Crippen LogP) is 5.66. The van der Waals surface area contributed by atoms with E-state index in [1.54, 1.807) is 22.3 Å². The fourth-order valence-electron chi connectivity index (χ4n) is 2.92. The summed E-state index contributed by atoms with van der Waals surface area (Å²) in [5, 5.41) is 0. The summed E-state index contributed by atoms with van der Waals surface area (Å²) >= 11 is 0. The van der Waals surface area contributed by atoms with E-state index in [4.69, 9.17) is 0 Å². The van der Waals surface area contributed by atoms with Crippen LogP contribution < -0.4 is 6.15 Å². The van der Waals surface area contributed by atoms with Gasteiger partial charge in [0.25, 0.3) is 0 Å². The lowest BCUT2D eigenvalue weighted by atomic mass is 9.87. The van der Waals surface area contributed by atoms with E-state index >= 15 is 0 Å². The van der Waals surface area contributed by atoms with E-state index in [0.717, 1.165) is 0 Å². The summed E-state index contributed by atoms with van der Waals surface area (Å²) in [4.78, 5) is 0. The van der Waals surface area contributed by atoms with Crippen LogP contribution in [0.1, 0.15) is 75.6 Å². The van der Waals surface area contributed by atoms with Gasteiger partial charge in [0.15, 0.2) is 0 Å². The molecule has 0 saturated carbocycles. The fourth-order valence-corrected chi connectivity index (χ4v) is 2.92. The summed E-state index contributed by atoms with van der Waals surface area (Å²) in [7, 11) is 0. The SMILES string of the molecule is CCCc1ccc(CCC)c(CCC)c1CCC.N. The van der Waals surface area contributed by atoms with Gasteiger partial charge in [-0.15, -0.1) is 0 Å². The Morgan fingerprint density at radius 2 is 0.895 bits per heavy atom. The Balaban J connectivity index is 0.00000324. The Hall–Kier alpha value is -0.820. The Morgan fingerprint density at radius 3 is 1.16 bits per heavy atom. The van der Waals surface area contributed by atoms with E-state index in [-0.39, 0.29) is 6.15 Å². The first-order chi connectivity index (χ1) is 8.78. The second-order valence-corrected chi connectivity index (χ2v) is 5.34. The highest BCUT2D eigenvalue weighted by Crippen LogP contribution is 2.25. The molecule has 0 atom stereocenters. The molecule has 1 aromatic carbocycles. The molecular formula is C18H33N. The van der Waals surface area contributed by atoms with Crippen molar-refractivity contribution >= 4 is 0 Å². The second kappa shape index (κ2) is 10.0. The first kappa shape index (κ1) is 18.2. The average molecular weight is 263 g/mol. The number of rotatable bonds is 8. The van der Waals surface area contributed by atoms with Gasteiger partial charge in [-0.3, -0.25) is 0 Å². The summed E-state index contributed by atoms with van der Waals surface area (Å²) in [6.07, 6.45) is 10.1. The number of benzene rings is 1. The normalized spacial score (nSPS) is 10.3. The number of aryl methyl sites for hydroxylation is 2. The molecule has 0 fully saturated rings. The highest BCUT2D eigenvalue weighted by molar-refractivity contribution is 5.42. The van der Waals surface area contributed by atoms with E-state index in [1.807, 2.05) is 0 Å². The Morgan fingerprint density at radius 1 is 0.579 bits per heavy atom. The highest BCUT2D eigenvalue weighted by atomic mass is 14.2. The van der Waals surface area contributed by atoms with Crippen molar-refractivity contribution in [2.45, 2.75) is 79.1 Å². The van der Waals surface area contributed by atoms with Crippen LogP contribution in [-0.4, -0.2) is 0 Å². The van der Waals surface area contributed by atoms with E-state index < -0.39 is 0 Å². The zero-order valence-electron chi connectivity index (χ0n) is 13.5. The van der Waals surface area contributed by atoms with Crippen molar-refractivity contribution < 1.29 is 0 Å². The van der Waals surface area contributed by atoms with Crippen LogP contribution >= 0.6 is 0 Å². The minimum Gasteiger partial charge on any atom is -0.344 e. The molecule has 0 radical (unpaired) electrons. The third-order valence-corrected chi connectivity index (χ3v) is 3.66. The van der Waals surface area contributed by atoms with Gasteiger partial charge in [0, 0.05) is 0 Å². The van der Waals surface area contributed by atoms with Crippen LogP contribution in [0.25, 0.3) is 0 Å². The van der Waals surface area contributed by atoms with Crippen LogP contribution in [0.15, 0.2) is 12.1 Å². The van der Waals surface area contributed by atoms with E-state index in [1.165, 1.54) is 51.4 Å². The molecule has 1 aromatic rings. The zero-order valence-corrected chi connectivity index (χ0v) is 13.5. The van der Waals surface area contributed by atoms with Crippen LogP contribution in [0, 0.1) is 0 Å². The summed E-state index contributed by atoms with van der Waals surface area (Å²) < 4.78 is 0. The van der Waals surface area contributed by atoms with E-state index in [9.17, 15) is 0 Å². The standard InChI is InChI=1S/C18H30.H3N/c1-5-9-15-13-14-16(10-6-2)18(12-8-4)17(15)11-7-3;/h13-14H,5-12H2,1-4H3;1H3. The molecule has 0 saturated heterocycles. The molecule has 1 heteroatoms. The molecule has 0 aliphatic heterocycles. The van der Waals surface area contributed by atoms with Crippen LogP contribution in [0.4, 0.5) is 0 Å². The molecular weight excluding hydrogens is 230 g/mol. The number of hydrogen-bond acceptors (Lipinski definition) is 1. The van der Waals surface area contributed by atoms with Crippen LogP contribution in [0.5, 0.6) is 0 Å². The first-order valence-electron chi connectivity index (χ1n) is 7.90. The molecule has 110 valence electrons. The summed E-state index contributed by atoms with van der Waals surface area (Å²) in [6.45, 7) is 9.18. The third kappa shape index (κ3) is 4.99. The summed E-state index contributed by atoms with van der Waals surface area (Å²) in [5.41, 5.74) is 6.60. The lowest BCUT2D eigenvalue weighted by Crippen LogP contribution is -2.05. The molecule has 0 aromatic heterocycles. The lowest BCUT2D eigenvalue weighted by molar-refractivity contribution is 0.801. The Labute approximate surface area is 120 Å². The predicted molar refractivity (Wildman–Crippen MR) is 87.4 cm³/mol. The number of hydrogen-bond donors (Lipinski definition) is 1. The second-order valence-electron chi connectivity index (χ2n) is 5.34. The van der Waals surface area contributed by atoms with Gasteiger partial charge in [-0.05, 0) is 47.9 Å². The lowest BCUT2D eigenvalue weighted by Gasteiger charge is -2.18. The molecule has 0 spiro atoms. The molecule has 0 amide bonds. The summed E-state index contributed by atoms with van der Waals surface area (Å²) in [6, 6.07) is 4.80. The Kier molecular flexibility index (Phi) is 9.59. The van der Waals surface area contributed by atoms with Gasteiger partial charge in [0.1, 0.15) is 0 Å². The molecule has 0 bridgehead atoms. The molecule has 0 heterocycles. The zero-order chi connectivity index (χ0) is 13.4. The molecule has 19 heavy (non-hydrogen) atoms. The van der Waals surface area contributed by atoms with Crippen molar-refractivity contribution in [3.63, 3.8) is 0 Å². The largest absolute Gasteiger partial charge is 0.344 e. The van der Waals surface area contributed by atoms with Gasteiger partial charge in [-0.2, -0.15) is 0 Å². The maximum atomic E-state index is 2.40. The average Bonchev–Trinajstić information content (AvgIpc) is 2.37. The quantitative estimate of drug-likeness (QED) is 0.645. The van der Waals surface area contributed by atoms with Gasteiger partial charge in [-0.1, -0.05) is 65.5 Å². The van der Waals surface area contributed by atoms with E-state index in [2.05, 4.69) is 39.8 Å². The monoisotopic (exact) mass is 263 g/mol. The van der Waals surface area contributed by atoms with Crippen molar-refractivity contribution in [2.24, 2.45) is 0 Å². The molecule has 0 aliphatic carbocycles. The first-order valence-corrected chi connectivity index (χ1v) is 7.90. The third-order valence-electron chi connectivity index (χ3n) is 3.66. The van der Waals surface area contributed by atoms with Crippen molar-refractivity contribution in [1.82, 2.24) is 6.15 Å². The molecule has 1 rings (SSSR count). The van der Waals surface area contributed by atoms with Crippen LogP contribution in [0.2, 0.25) is 0 Å². The molecule has 0 aliphatic rings. The smallest absolute Gasteiger partial charge is 0.0276 e. The highest BCUT2D eigenvalue weighted by Gasteiger charge is 2.11. The van der Waals surface area contributed by atoms with Crippen molar-refractivity contribution in [1.29, 1.82) is 0 Å². The van der Waals surface area contributed by atoms with Gasteiger partial charge in [0.2, 0.25) is 0 Å². The minimum absolute atomic E-state index is 0. The molecule has 0 unspecified atom stereocenters. The fraction of sp³-hybridized carbons (Fsp3) is 0.667.